The standard InChI is InChI=1S/C13H25NO3/c1-3-13(4-2,10-15)9-14-12(16)11-5-7-17-8-6-11/h11,15H,3-10H2,1-2H3,(H,14,16). The van der Waals surface area contributed by atoms with Gasteiger partial charge in [0.25, 0.3) is 0 Å². The minimum absolute atomic E-state index is 0.0915. The van der Waals surface area contributed by atoms with Gasteiger partial charge < -0.3 is 15.2 Å². The van der Waals surface area contributed by atoms with Crippen LogP contribution in [0.2, 0.25) is 0 Å². The summed E-state index contributed by atoms with van der Waals surface area (Å²) in [6.45, 7) is 6.19. The fourth-order valence-corrected chi connectivity index (χ4v) is 2.16. The van der Waals surface area contributed by atoms with Gasteiger partial charge in [0.15, 0.2) is 0 Å². The van der Waals surface area contributed by atoms with Crippen LogP contribution in [0.15, 0.2) is 0 Å². The lowest BCUT2D eigenvalue weighted by Crippen LogP contribution is -2.42. The van der Waals surface area contributed by atoms with E-state index in [-0.39, 0.29) is 23.8 Å². The number of rotatable bonds is 6. The topological polar surface area (TPSA) is 58.6 Å². The number of hydrogen-bond acceptors (Lipinski definition) is 3. The third-order valence-electron chi connectivity index (χ3n) is 4.07. The number of carbonyl (C=O) groups is 1. The maximum atomic E-state index is 11.9. The minimum Gasteiger partial charge on any atom is -0.396 e. The Labute approximate surface area is 104 Å². The van der Waals surface area contributed by atoms with E-state index < -0.39 is 0 Å². The molecule has 0 atom stereocenters. The van der Waals surface area contributed by atoms with Gasteiger partial charge in [-0.05, 0) is 25.7 Å². The van der Waals surface area contributed by atoms with Crippen molar-refractivity contribution in [3.05, 3.63) is 0 Å². The molecule has 0 aromatic carbocycles. The molecule has 0 unspecified atom stereocenters. The lowest BCUT2D eigenvalue weighted by molar-refractivity contribution is -0.128. The Kier molecular flexibility index (Phi) is 5.92. The van der Waals surface area contributed by atoms with Crippen molar-refractivity contribution in [2.75, 3.05) is 26.4 Å². The molecule has 1 rings (SSSR count). The molecule has 1 amide bonds. The van der Waals surface area contributed by atoms with E-state index in [1.807, 2.05) is 0 Å². The van der Waals surface area contributed by atoms with E-state index >= 15 is 0 Å². The van der Waals surface area contributed by atoms with Gasteiger partial charge in [0.1, 0.15) is 0 Å². The zero-order chi connectivity index (χ0) is 12.7. The van der Waals surface area contributed by atoms with Gasteiger partial charge in [-0.25, -0.2) is 0 Å². The molecule has 0 bridgehead atoms. The summed E-state index contributed by atoms with van der Waals surface area (Å²) in [4.78, 5) is 11.9. The Morgan fingerprint density at radius 3 is 2.41 bits per heavy atom. The molecule has 0 radical (unpaired) electrons. The fraction of sp³-hybridized carbons (Fsp3) is 0.923. The van der Waals surface area contributed by atoms with Crippen LogP contribution >= 0.6 is 0 Å². The highest BCUT2D eigenvalue weighted by Gasteiger charge is 2.28. The maximum Gasteiger partial charge on any atom is 0.223 e. The molecule has 1 saturated heterocycles. The Morgan fingerprint density at radius 1 is 1.35 bits per heavy atom. The lowest BCUT2D eigenvalue weighted by Gasteiger charge is -2.31. The van der Waals surface area contributed by atoms with Gasteiger partial charge in [0.05, 0.1) is 6.61 Å². The molecule has 0 aliphatic carbocycles. The monoisotopic (exact) mass is 243 g/mol. The first-order valence-corrected chi connectivity index (χ1v) is 6.63. The summed E-state index contributed by atoms with van der Waals surface area (Å²) in [7, 11) is 0. The van der Waals surface area contributed by atoms with E-state index in [0.29, 0.717) is 19.8 Å². The molecular weight excluding hydrogens is 218 g/mol. The van der Waals surface area contributed by atoms with Gasteiger partial charge in [0, 0.05) is 31.1 Å². The summed E-state index contributed by atoms with van der Waals surface area (Å²) >= 11 is 0. The number of carbonyl (C=O) groups excluding carboxylic acids is 1. The Morgan fingerprint density at radius 2 is 1.94 bits per heavy atom. The van der Waals surface area contributed by atoms with Crippen molar-refractivity contribution >= 4 is 5.91 Å². The number of nitrogens with one attached hydrogen (secondary N) is 1. The molecule has 1 aliphatic heterocycles. The third-order valence-corrected chi connectivity index (χ3v) is 4.07. The highest BCUT2D eigenvalue weighted by atomic mass is 16.5. The van der Waals surface area contributed by atoms with Crippen LogP contribution in [-0.4, -0.2) is 37.4 Å². The highest BCUT2D eigenvalue weighted by Crippen LogP contribution is 2.25. The van der Waals surface area contributed by atoms with E-state index in [4.69, 9.17) is 4.74 Å². The van der Waals surface area contributed by atoms with E-state index in [0.717, 1.165) is 25.7 Å². The van der Waals surface area contributed by atoms with E-state index in [1.54, 1.807) is 0 Å². The number of amides is 1. The van der Waals surface area contributed by atoms with Crippen LogP contribution in [0.1, 0.15) is 39.5 Å². The summed E-state index contributed by atoms with van der Waals surface area (Å²) < 4.78 is 5.24. The molecule has 0 spiro atoms. The predicted octanol–water partition coefficient (Wildman–Crippen LogP) is 1.33. The average Bonchev–Trinajstić information content (AvgIpc) is 2.41. The molecular formula is C13H25NO3. The average molecular weight is 243 g/mol. The van der Waals surface area contributed by atoms with Gasteiger partial charge >= 0.3 is 0 Å². The molecule has 0 aromatic rings. The fourth-order valence-electron chi connectivity index (χ4n) is 2.16. The van der Waals surface area contributed by atoms with Crippen LogP contribution in [0, 0.1) is 11.3 Å². The summed E-state index contributed by atoms with van der Waals surface area (Å²) in [6, 6.07) is 0. The predicted molar refractivity (Wildman–Crippen MR) is 66.7 cm³/mol. The van der Waals surface area contributed by atoms with Crippen molar-refractivity contribution in [2.24, 2.45) is 11.3 Å². The summed E-state index contributed by atoms with van der Waals surface area (Å²) in [5.74, 6) is 0.210. The second kappa shape index (κ2) is 6.97. The molecule has 4 nitrogen and oxygen atoms in total. The first-order valence-electron chi connectivity index (χ1n) is 6.63. The van der Waals surface area contributed by atoms with Crippen LogP contribution in [0.4, 0.5) is 0 Å². The van der Waals surface area contributed by atoms with Crippen LogP contribution in [0.3, 0.4) is 0 Å². The van der Waals surface area contributed by atoms with Crippen molar-refractivity contribution in [2.45, 2.75) is 39.5 Å². The molecule has 2 N–H and O–H groups in total. The highest BCUT2D eigenvalue weighted by molar-refractivity contribution is 5.78. The van der Waals surface area contributed by atoms with Gasteiger partial charge in [-0.1, -0.05) is 13.8 Å². The van der Waals surface area contributed by atoms with Crippen LogP contribution in [0.25, 0.3) is 0 Å². The number of aliphatic hydroxyl groups excluding tert-OH is 1. The molecule has 0 saturated carbocycles. The van der Waals surface area contributed by atoms with Crippen molar-refractivity contribution in [1.82, 2.24) is 5.32 Å². The molecule has 0 aromatic heterocycles. The third kappa shape index (κ3) is 3.96. The zero-order valence-corrected chi connectivity index (χ0v) is 11.0. The summed E-state index contributed by atoms with van der Waals surface area (Å²) in [5.41, 5.74) is -0.152. The number of aliphatic hydroxyl groups is 1. The van der Waals surface area contributed by atoms with Gasteiger partial charge in [0.2, 0.25) is 5.91 Å². The van der Waals surface area contributed by atoms with Crippen LogP contribution in [-0.2, 0) is 9.53 Å². The normalized spacial score (nSPS) is 18.1. The van der Waals surface area contributed by atoms with E-state index in [1.165, 1.54) is 0 Å². The van der Waals surface area contributed by atoms with E-state index in [9.17, 15) is 9.90 Å². The van der Waals surface area contributed by atoms with Crippen molar-refractivity contribution in [3.63, 3.8) is 0 Å². The molecule has 4 heteroatoms. The second-order valence-corrected chi connectivity index (χ2v) is 4.97. The zero-order valence-electron chi connectivity index (χ0n) is 11.0. The van der Waals surface area contributed by atoms with Crippen LogP contribution in [0.5, 0.6) is 0 Å². The Balaban J connectivity index is 2.40. The van der Waals surface area contributed by atoms with Crippen molar-refractivity contribution in [3.8, 4) is 0 Å². The second-order valence-electron chi connectivity index (χ2n) is 4.97. The Bertz CT molecular complexity index is 225. The van der Waals surface area contributed by atoms with E-state index in [2.05, 4.69) is 19.2 Å². The van der Waals surface area contributed by atoms with Crippen molar-refractivity contribution in [1.29, 1.82) is 0 Å². The minimum atomic E-state index is -0.152. The van der Waals surface area contributed by atoms with Crippen molar-refractivity contribution < 1.29 is 14.6 Å². The summed E-state index contributed by atoms with van der Waals surface area (Å²) in [5, 5.41) is 12.4. The summed E-state index contributed by atoms with van der Waals surface area (Å²) in [6.07, 6.45) is 3.40. The number of ether oxygens (including phenoxy) is 1. The molecule has 1 fully saturated rings. The van der Waals surface area contributed by atoms with Gasteiger partial charge in [-0.3, -0.25) is 4.79 Å². The molecule has 1 heterocycles. The quantitative estimate of drug-likeness (QED) is 0.740. The smallest absolute Gasteiger partial charge is 0.223 e. The molecule has 17 heavy (non-hydrogen) atoms. The van der Waals surface area contributed by atoms with Gasteiger partial charge in [-0.2, -0.15) is 0 Å². The SMILES string of the molecule is CCC(CC)(CO)CNC(=O)C1CCOCC1. The molecule has 1 aliphatic rings. The Hall–Kier alpha value is -0.610. The lowest BCUT2D eigenvalue weighted by atomic mass is 9.83. The molecule has 100 valence electrons. The number of hydrogen-bond donors (Lipinski definition) is 2. The first-order chi connectivity index (χ1) is 8.17. The van der Waals surface area contributed by atoms with Gasteiger partial charge in [-0.15, -0.1) is 0 Å². The first kappa shape index (κ1) is 14.5. The maximum absolute atomic E-state index is 11.9. The van der Waals surface area contributed by atoms with Crippen LogP contribution < -0.4 is 5.32 Å². The largest absolute Gasteiger partial charge is 0.396 e.